The first kappa shape index (κ1) is 21.2. The van der Waals surface area contributed by atoms with Gasteiger partial charge in [0.05, 0.1) is 9.88 Å². The van der Waals surface area contributed by atoms with Crippen LogP contribution in [0.1, 0.15) is 28.9 Å². The van der Waals surface area contributed by atoms with Crippen LogP contribution in [0.4, 0.5) is 10.7 Å². The van der Waals surface area contributed by atoms with E-state index in [9.17, 15) is 9.59 Å². The van der Waals surface area contributed by atoms with Gasteiger partial charge < -0.3 is 15.5 Å². The smallest absolute Gasteiger partial charge is 0.261 e. The Morgan fingerprint density at radius 1 is 1.10 bits per heavy atom. The molecule has 4 rings (SSSR count). The molecule has 0 unspecified atom stereocenters. The molecule has 30 heavy (non-hydrogen) atoms. The zero-order chi connectivity index (χ0) is 20.9. The Labute approximate surface area is 186 Å². The van der Waals surface area contributed by atoms with Crippen LogP contribution in [-0.4, -0.2) is 56.0 Å². The van der Waals surface area contributed by atoms with E-state index in [1.165, 1.54) is 17.0 Å². The van der Waals surface area contributed by atoms with E-state index in [0.29, 0.717) is 11.4 Å². The number of rotatable bonds is 8. The Morgan fingerprint density at radius 3 is 2.63 bits per heavy atom. The van der Waals surface area contributed by atoms with Gasteiger partial charge in [-0.15, -0.1) is 11.3 Å². The van der Waals surface area contributed by atoms with Crippen LogP contribution >= 0.6 is 22.9 Å². The van der Waals surface area contributed by atoms with Gasteiger partial charge in [-0.25, -0.2) is 0 Å². The summed E-state index contributed by atoms with van der Waals surface area (Å²) < 4.78 is 0. The third-order valence-electron chi connectivity index (χ3n) is 5.51. The number of anilines is 2. The Morgan fingerprint density at radius 2 is 1.90 bits per heavy atom. The van der Waals surface area contributed by atoms with Crippen LogP contribution in [0, 0.1) is 5.92 Å². The second-order valence-corrected chi connectivity index (χ2v) is 9.37. The monoisotopic (exact) mass is 446 g/mol. The maximum absolute atomic E-state index is 12.3. The first-order valence-electron chi connectivity index (χ1n) is 10.5. The van der Waals surface area contributed by atoms with Crippen molar-refractivity contribution in [3.8, 4) is 0 Å². The number of carbonyl (C=O) groups excluding carboxylic acids is 2. The Bertz CT molecular complexity index is 891. The fourth-order valence-electron chi connectivity index (χ4n) is 3.59. The summed E-state index contributed by atoms with van der Waals surface area (Å²) in [6.45, 7) is 5.60. The summed E-state index contributed by atoms with van der Waals surface area (Å²) in [5, 5.41) is 7.39. The number of hydrogen-bond acceptors (Lipinski definition) is 5. The van der Waals surface area contributed by atoms with E-state index in [1.54, 1.807) is 12.1 Å². The zero-order valence-electron chi connectivity index (χ0n) is 16.9. The molecule has 0 radical (unpaired) electrons. The van der Waals surface area contributed by atoms with Crippen LogP contribution in [0.3, 0.4) is 0 Å². The van der Waals surface area contributed by atoms with Crippen LogP contribution in [0.5, 0.6) is 0 Å². The van der Waals surface area contributed by atoms with E-state index < -0.39 is 0 Å². The van der Waals surface area contributed by atoms with E-state index >= 15 is 0 Å². The molecule has 2 amide bonds. The SMILES string of the molecule is O=C(NCCCN1CCN(c2cccc(Cl)c2)CC1)c1ccc(NC(=O)C2CC2)s1. The van der Waals surface area contributed by atoms with Gasteiger partial charge in [-0.3, -0.25) is 14.5 Å². The molecule has 1 aromatic heterocycles. The maximum atomic E-state index is 12.3. The van der Waals surface area contributed by atoms with Crippen molar-refractivity contribution in [3.63, 3.8) is 0 Å². The lowest BCUT2D eigenvalue weighted by Gasteiger charge is -2.36. The quantitative estimate of drug-likeness (QED) is 0.607. The van der Waals surface area contributed by atoms with Crippen LogP contribution in [0.25, 0.3) is 0 Å². The van der Waals surface area contributed by atoms with Crippen molar-refractivity contribution < 1.29 is 9.59 Å². The predicted molar refractivity (Wildman–Crippen MR) is 123 cm³/mol. The number of carbonyl (C=O) groups is 2. The number of benzene rings is 1. The molecule has 1 saturated carbocycles. The third-order valence-corrected chi connectivity index (χ3v) is 6.74. The highest BCUT2D eigenvalue weighted by Crippen LogP contribution is 2.31. The molecule has 2 aromatic rings. The van der Waals surface area contributed by atoms with Gasteiger partial charge in [0.2, 0.25) is 5.91 Å². The Kier molecular flexibility index (Phi) is 6.92. The van der Waals surface area contributed by atoms with Crippen molar-refractivity contribution in [2.24, 2.45) is 5.92 Å². The van der Waals surface area contributed by atoms with Gasteiger partial charge in [-0.05, 0) is 56.1 Å². The normalized spacial score (nSPS) is 17.0. The van der Waals surface area contributed by atoms with Crippen molar-refractivity contribution in [2.45, 2.75) is 19.3 Å². The van der Waals surface area contributed by atoms with Crippen LogP contribution < -0.4 is 15.5 Å². The molecule has 8 heteroatoms. The molecule has 1 aliphatic carbocycles. The summed E-state index contributed by atoms with van der Waals surface area (Å²) in [5.41, 5.74) is 1.18. The fourth-order valence-corrected chi connectivity index (χ4v) is 4.60. The van der Waals surface area contributed by atoms with Crippen LogP contribution in [0.2, 0.25) is 5.02 Å². The van der Waals surface area contributed by atoms with Gasteiger partial charge in [0.1, 0.15) is 0 Å². The molecule has 2 aliphatic rings. The molecule has 2 N–H and O–H groups in total. The molecule has 1 aliphatic heterocycles. The van der Waals surface area contributed by atoms with Crippen LogP contribution in [0.15, 0.2) is 36.4 Å². The molecular formula is C22H27ClN4O2S. The summed E-state index contributed by atoms with van der Waals surface area (Å²) in [7, 11) is 0. The second kappa shape index (κ2) is 9.81. The van der Waals surface area contributed by atoms with Crippen molar-refractivity contribution in [2.75, 3.05) is 49.5 Å². The number of halogens is 1. The average Bonchev–Trinajstić information content (AvgIpc) is 3.51. The van der Waals surface area contributed by atoms with Gasteiger partial charge in [0.25, 0.3) is 5.91 Å². The molecular weight excluding hydrogens is 420 g/mol. The molecule has 2 heterocycles. The highest BCUT2D eigenvalue weighted by atomic mass is 35.5. The molecule has 2 fully saturated rings. The largest absolute Gasteiger partial charge is 0.369 e. The van der Waals surface area contributed by atoms with Crippen molar-refractivity contribution in [1.82, 2.24) is 10.2 Å². The first-order valence-corrected chi connectivity index (χ1v) is 11.7. The third kappa shape index (κ3) is 5.74. The van der Waals surface area contributed by atoms with Gasteiger partial charge in [0.15, 0.2) is 0 Å². The molecule has 0 atom stereocenters. The summed E-state index contributed by atoms with van der Waals surface area (Å²) in [5.74, 6) is 0.161. The topological polar surface area (TPSA) is 64.7 Å². The van der Waals surface area contributed by atoms with Crippen molar-refractivity contribution >= 4 is 45.4 Å². The minimum absolute atomic E-state index is 0.0688. The van der Waals surface area contributed by atoms with Gasteiger partial charge >= 0.3 is 0 Å². The Hall–Kier alpha value is -2.09. The molecule has 160 valence electrons. The number of hydrogen-bond donors (Lipinski definition) is 2. The highest BCUT2D eigenvalue weighted by Gasteiger charge is 2.29. The average molecular weight is 447 g/mol. The van der Waals surface area contributed by atoms with E-state index in [-0.39, 0.29) is 17.7 Å². The Balaban J connectivity index is 1.13. The summed E-state index contributed by atoms with van der Waals surface area (Å²) in [6.07, 6.45) is 2.86. The van der Waals surface area contributed by atoms with Crippen molar-refractivity contribution in [3.05, 3.63) is 46.3 Å². The highest BCUT2D eigenvalue weighted by molar-refractivity contribution is 7.18. The van der Waals surface area contributed by atoms with Gasteiger partial charge in [-0.2, -0.15) is 0 Å². The molecule has 1 saturated heterocycles. The number of amides is 2. The zero-order valence-corrected chi connectivity index (χ0v) is 18.5. The lowest BCUT2D eigenvalue weighted by Crippen LogP contribution is -2.47. The predicted octanol–water partition coefficient (Wildman–Crippen LogP) is 3.69. The fraction of sp³-hybridized carbons (Fsp3) is 0.455. The number of nitrogens with one attached hydrogen (secondary N) is 2. The molecule has 1 aromatic carbocycles. The van der Waals surface area contributed by atoms with Crippen LogP contribution in [-0.2, 0) is 4.79 Å². The van der Waals surface area contributed by atoms with Crippen molar-refractivity contribution in [1.29, 1.82) is 0 Å². The minimum atomic E-state index is -0.0716. The summed E-state index contributed by atoms with van der Waals surface area (Å²) in [4.78, 5) is 29.6. The number of thiophene rings is 1. The van der Waals surface area contributed by atoms with Gasteiger partial charge in [0, 0.05) is 49.4 Å². The lowest BCUT2D eigenvalue weighted by atomic mass is 10.2. The lowest BCUT2D eigenvalue weighted by molar-refractivity contribution is -0.117. The summed E-state index contributed by atoms with van der Waals surface area (Å²) >= 11 is 7.43. The van der Waals surface area contributed by atoms with E-state index in [1.807, 2.05) is 18.2 Å². The number of piperazine rings is 1. The second-order valence-electron chi connectivity index (χ2n) is 7.85. The standard InChI is InChI=1S/C22H27ClN4O2S/c23-17-3-1-4-18(15-17)27-13-11-26(12-14-27)10-2-9-24-22(29)19-7-8-20(30-19)25-21(28)16-5-6-16/h1,3-4,7-8,15-16H,2,5-6,9-14H2,(H,24,29)(H,25,28). The van der Waals surface area contributed by atoms with E-state index in [0.717, 1.165) is 62.0 Å². The van der Waals surface area contributed by atoms with E-state index in [4.69, 9.17) is 11.6 Å². The maximum Gasteiger partial charge on any atom is 0.261 e. The molecule has 0 spiro atoms. The minimum Gasteiger partial charge on any atom is -0.369 e. The molecule has 6 nitrogen and oxygen atoms in total. The molecule has 0 bridgehead atoms. The first-order chi connectivity index (χ1) is 14.6. The number of nitrogens with zero attached hydrogens (tertiary/aromatic N) is 2. The summed E-state index contributed by atoms with van der Waals surface area (Å²) in [6, 6.07) is 11.6. The van der Waals surface area contributed by atoms with Gasteiger partial charge in [-0.1, -0.05) is 17.7 Å². The van der Waals surface area contributed by atoms with E-state index in [2.05, 4.69) is 26.5 Å².